The molecule has 5 rings (SSSR count). The van der Waals surface area contributed by atoms with Crippen molar-refractivity contribution in [2.45, 2.75) is 32.9 Å². The largest absolute Gasteiger partial charge is 0.441 e. The molecule has 31 heavy (non-hydrogen) atoms. The number of hydrogen-bond acceptors (Lipinski definition) is 8. The third kappa shape index (κ3) is 3.70. The van der Waals surface area contributed by atoms with Crippen LogP contribution in [-0.2, 0) is 0 Å². The zero-order chi connectivity index (χ0) is 21.5. The Morgan fingerprint density at radius 3 is 2.74 bits per heavy atom. The van der Waals surface area contributed by atoms with Crippen molar-refractivity contribution in [1.29, 1.82) is 0 Å². The number of nitrogens with one attached hydrogen (secondary N) is 1. The van der Waals surface area contributed by atoms with Crippen LogP contribution in [-0.4, -0.2) is 42.8 Å². The lowest BCUT2D eigenvalue weighted by atomic mass is 10.1. The van der Waals surface area contributed by atoms with Gasteiger partial charge in [0.15, 0.2) is 23.7 Å². The first-order valence-electron chi connectivity index (χ1n) is 10.1. The van der Waals surface area contributed by atoms with E-state index < -0.39 is 12.0 Å². The molecule has 10 heteroatoms. The van der Waals surface area contributed by atoms with Crippen LogP contribution in [0.4, 0.5) is 15.8 Å². The van der Waals surface area contributed by atoms with Crippen molar-refractivity contribution in [3.8, 4) is 11.4 Å². The molecular formula is C21H22FN7O2. The van der Waals surface area contributed by atoms with E-state index in [-0.39, 0.29) is 11.4 Å². The van der Waals surface area contributed by atoms with Gasteiger partial charge in [-0.2, -0.15) is 4.98 Å². The zero-order valence-electron chi connectivity index (χ0n) is 17.2. The Balaban J connectivity index is 1.44. The molecule has 2 N–H and O–H groups in total. The Labute approximate surface area is 177 Å². The highest BCUT2D eigenvalue weighted by molar-refractivity contribution is 5.64. The Hall–Kier alpha value is -3.53. The van der Waals surface area contributed by atoms with Crippen LogP contribution in [0.1, 0.15) is 36.4 Å². The van der Waals surface area contributed by atoms with Gasteiger partial charge in [0.2, 0.25) is 0 Å². The lowest BCUT2D eigenvalue weighted by Gasteiger charge is -2.16. The highest BCUT2D eigenvalue weighted by Crippen LogP contribution is 2.27. The molecule has 1 fully saturated rings. The summed E-state index contributed by atoms with van der Waals surface area (Å²) in [5, 5.41) is 17.8. The summed E-state index contributed by atoms with van der Waals surface area (Å²) in [5.41, 5.74) is 2.25. The smallest absolute Gasteiger partial charge is 0.252 e. The van der Waals surface area contributed by atoms with Crippen LogP contribution in [0.15, 0.2) is 35.0 Å². The minimum atomic E-state index is -1.13. The van der Waals surface area contributed by atoms with E-state index in [0.29, 0.717) is 28.8 Å². The molecule has 4 heterocycles. The third-order valence-electron chi connectivity index (χ3n) is 5.35. The van der Waals surface area contributed by atoms with E-state index in [4.69, 9.17) is 4.42 Å². The fourth-order valence-electron chi connectivity index (χ4n) is 3.84. The highest BCUT2D eigenvalue weighted by atomic mass is 19.1. The molecule has 1 unspecified atom stereocenters. The molecule has 1 aliphatic rings. The minimum absolute atomic E-state index is 0.205. The van der Waals surface area contributed by atoms with E-state index in [2.05, 4.69) is 30.3 Å². The van der Waals surface area contributed by atoms with Crippen LogP contribution < -0.4 is 10.2 Å². The molecule has 0 amide bonds. The summed E-state index contributed by atoms with van der Waals surface area (Å²) in [7, 11) is 0. The summed E-state index contributed by atoms with van der Waals surface area (Å²) in [6.07, 6.45) is 4.82. The van der Waals surface area contributed by atoms with Crippen molar-refractivity contribution in [2.75, 3.05) is 23.3 Å². The number of oxazole rings is 1. The first-order valence-corrected chi connectivity index (χ1v) is 10.1. The molecule has 3 aromatic heterocycles. The Kier molecular flexibility index (Phi) is 4.78. The first kappa shape index (κ1) is 19.4. The molecule has 0 radical (unpaired) electrons. The second-order valence-electron chi connectivity index (χ2n) is 7.61. The topological polar surface area (TPSA) is 105 Å². The van der Waals surface area contributed by atoms with Crippen molar-refractivity contribution < 1.29 is 13.9 Å². The van der Waals surface area contributed by atoms with E-state index >= 15 is 0 Å². The summed E-state index contributed by atoms with van der Waals surface area (Å²) in [6.45, 7) is 5.43. The predicted molar refractivity (Wildman–Crippen MR) is 112 cm³/mol. The Morgan fingerprint density at radius 2 is 2.00 bits per heavy atom. The van der Waals surface area contributed by atoms with E-state index in [1.165, 1.54) is 12.1 Å². The van der Waals surface area contributed by atoms with E-state index in [1.54, 1.807) is 30.6 Å². The van der Waals surface area contributed by atoms with Crippen LogP contribution in [0.25, 0.3) is 17.2 Å². The summed E-state index contributed by atoms with van der Waals surface area (Å²) in [5.74, 6) is 0.912. The lowest BCUT2D eigenvalue weighted by Crippen LogP contribution is -2.18. The normalized spacial score (nSPS) is 15.0. The van der Waals surface area contributed by atoms with Gasteiger partial charge in [-0.15, -0.1) is 5.10 Å². The number of fused-ring (bicyclic) bond motifs is 1. The molecule has 9 nitrogen and oxygen atoms in total. The maximum atomic E-state index is 14.6. The van der Waals surface area contributed by atoms with E-state index in [1.807, 2.05) is 6.20 Å². The van der Waals surface area contributed by atoms with Gasteiger partial charge < -0.3 is 19.7 Å². The number of benzene rings is 1. The quantitative estimate of drug-likeness (QED) is 0.472. The number of aliphatic hydroxyl groups is 1. The molecule has 1 atom stereocenters. The van der Waals surface area contributed by atoms with Crippen LogP contribution >= 0.6 is 0 Å². The van der Waals surface area contributed by atoms with Gasteiger partial charge in [-0.1, -0.05) is 0 Å². The third-order valence-corrected chi connectivity index (χ3v) is 5.35. The van der Waals surface area contributed by atoms with Crippen LogP contribution in [0.5, 0.6) is 0 Å². The number of aryl methyl sites for hydroxylation is 2. The molecule has 0 aliphatic carbocycles. The summed E-state index contributed by atoms with van der Waals surface area (Å²) in [6, 6.07) is 4.38. The number of nitrogens with zero attached hydrogens (tertiary/aromatic N) is 6. The Morgan fingerprint density at radius 1 is 1.19 bits per heavy atom. The SMILES string of the molecule is Cc1nc(C)c(C(O)Nc2ccc(F)c(-c3nc4ncc(N5CCCC5)cn4n3)c2)o1. The van der Waals surface area contributed by atoms with Crippen LogP contribution in [0.2, 0.25) is 0 Å². The first-order chi connectivity index (χ1) is 15.0. The molecule has 4 aromatic rings. The monoisotopic (exact) mass is 423 g/mol. The number of anilines is 2. The maximum Gasteiger partial charge on any atom is 0.252 e. The molecular weight excluding hydrogens is 401 g/mol. The maximum absolute atomic E-state index is 14.6. The summed E-state index contributed by atoms with van der Waals surface area (Å²) < 4.78 is 21.6. The molecule has 1 aliphatic heterocycles. The molecule has 1 aromatic carbocycles. The zero-order valence-corrected chi connectivity index (χ0v) is 17.2. The van der Waals surface area contributed by atoms with Crippen molar-refractivity contribution >= 4 is 17.2 Å². The van der Waals surface area contributed by atoms with E-state index in [9.17, 15) is 9.50 Å². The number of aliphatic hydroxyl groups excluding tert-OH is 1. The molecule has 0 bridgehead atoms. The second-order valence-corrected chi connectivity index (χ2v) is 7.61. The van der Waals surface area contributed by atoms with Gasteiger partial charge in [0, 0.05) is 25.7 Å². The van der Waals surface area contributed by atoms with Gasteiger partial charge in [-0.25, -0.2) is 18.9 Å². The van der Waals surface area contributed by atoms with Crippen molar-refractivity contribution in [3.05, 3.63) is 53.8 Å². The minimum Gasteiger partial charge on any atom is -0.441 e. The fraction of sp³-hybridized carbons (Fsp3) is 0.333. The van der Waals surface area contributed by atoms with Crippen molar-refractivity contribution in [3.63, 3.8) is 0 Å². The predicted octanol–water partition coefficient (Wildman–Crippen LogP) is 3.24. The van der Waals surface area contributed by atoms with Gasteiger partial charge >= 0.3 is 0 Å². The highest BCUT2D eigenvalue weighted by Gasteiger charge is 2.19. The number of rotatable bonds is 5. The number of halogens is 1. The van der Waals surface area contributed by atoms with Crippen LogP contribution in [0, 0.1) is 19.7 Å². The summed E-state index contributed by atoms with van der Waals surface area (Å²) in [4.78, 5) is 15.1. The van der Waals surface area contributed by atoms with Gasteiger partial charge in [-0.05, 0) is 38.0 Å². The average Bonchev–Trinajstić information content (AvgIpc) is 3.48. The average molecular weight is 423 g/mol. The van der Waals surface area contributed by atoms with E-state index in [0.717, 1.165) is 31.6 Å². The number of aromatic nitrogens is 5. The molecule has 160 valence electrons. The number of hydrogen-bond donors (Lipinski definition) is 2. The standard InChI is InChI=1S/C21H22FN7O2/c1-12-18(31-13(2)24-12)20(30)25-14-5-6-17(22)16(9-14)19-26-21-23-10-15(11-29(21)27-19)28-7-3-4-8-28/h5-6,9-11,20,25,30H,3-4,7-8H2,1-2H3. The van der Waals surface area contributed by atoms with Gasteiger partial charge in [0.25, 0.3) is 5.78 Å². The molecule has 0 spiro atoms. The Bertz CT molecular complexity index is 1250. The summed E-state index contributed by atoms with van der Waals surface area (Å²) >= 11 is 0. The van der Waals surface area contributed by atoms with Crippen LogP contribution in [0.3, 0.4) is 0 Å². The van der Waals surface area contributed by atoms with Crippen molar-refractivity contribution in [1.82, 2.24) is 24.6 Å². The van der Waals surface area contributed by atoms with Gasteiger partial charge in [-0.3, -0.25) is 0 Å². The fourth-order valence-corrected chi connectivity index (χ4v) is 3.84. The van der Waals surface area contributed by atoms with Crippen molar-refractivity contribution in [2.24, 2.45) is 0 Å². The van der Waals surface area contributed by atoms with Gasteiger partial charge in [0.05, 0.1) is 29.3 Å². The van der Waals surface area contributed by atoms with Gasteiger partial charge in [0.1, 0.15) is 5.82 Å². The molecule has 1 saturated heterocycles. The lowest BCUT2D eigenvalue weighted by molar-refractivity contribution is 0.175. The molecule has 0 saturated carbocycles. The second kappa shape index (κ2) is 7.62.